The van der Waals surface area contributed by atoms with Crippen molar-refractivity contribution in [1.29, 1.82) is 0 Å². The standard InChI is InChI=1S/C10H6BrClN2O/c11-9-5-7(12)1-2-10(9)14-4-3-8(6-15)13-14/h1-6H. The number of rotatable bonds is 2. The first kappa shape index (κ1) is 10.4. The molecular weight excluding hydrogens is 279 g/mol. The molecule has 0 N–H and O–H groups in total. The van der Waals surface area contributed by atoms with Crippen molar-refractivity contribution in [1.82, 2.24) is 9.78 Å². The average Bonchev–Trinajstić information content (AvgIpc) is 2.66. The van der Waals surface area contributed by atoms with E-state index in [0.29, 0.717) is 17.0 Å². The number of aromatic nitrogens is 2. The maximum absolute atomic E-state index is 10.5. The summed E-state index contributed by atoms with van der Waals surface area (Å²) in [6.07, 6.45) is 2.43. The van der Waals surface area contributed by atoms with Gasteiger partial charge < -0.3 is 0 Å². The molecule has 15 heavy (non-hydrogen) atoms. The molecule has 2 rings (SSSR count). The summed E-state index contributed by atoms with van der Waals surface area (Å²) in [7, 11) is 0. The Morgan fingerprint density at radius 1 is 1.40 bits per heavy atom. The molecular formula is C10H6BrClN2O. The van der Waals surface area contributed by atoms with Gasteiger partial charge in [-0.05, 0) is 40.2 Å². The topological polar surface area (TPSA) is 34.9 Å². The van der Waals surface area contributed by atoms with Gasteiger partial charge in [0.2, 0.25) is 0 Å². The Bertz CT molecular complexity index is 510. The highest BCUT2D eigenvalue weighted by atomic mass is 79.9. The molecule has 0 atom stereocenters. The molecule has 0 aliphatic heterocycles. The van der Waals surface area contributed by atoms with Crippen molar-refractivity contribution in [2.24, 2.45) is 0 Å². The summed E-state index contributed by atoms with van der Waals surface area (Å²) < 4.78 is 2.44. The molecule has 0 saturated heterocycles. The Morgan fingerprint density at radius 2 is 2.20 bits per heavy atom. The normalized spacial score (nSPS) is 10.3. The molecule has 1 heterocycles. The summed E-state index contributed by atoms with van der Waals surface area (Å²) in [5.74, 6) is 0. The van der Waals surface area contributed by atoms with Crippen LogP contribution >= 0.6 is 27.5 Å². The Balaban J connectivity index is 2.49. The lowest BCUT2D eigenvalue weighted by molar-refractivity contribution is 0.111. The Kier molecular flexibility index (Phi) is 2.88. The molecule has 0 fully saturated rings. The highest BCUT2D eigenvalue weighted by Crippen LogP contribution is 2.24. The van der Waals surface area contributed by atoms with Crippen molar-refractivity contribution in [2.75, 3.05) is 0 Å². The number of nitrogens with zero attached hydrogens (tertiary/aromatic N) is 2. The van der Waals surface area contributed by atoms with E-state index in [9.17, 15) is 4.79 Å². The molecule has 0 spiro atoms. The van der Waals surface area contributed by atoms with Crippen LogP contribution in [0.3, 0.4) is 0 Å². The van der Waals surface area contributed by atoms with Crippen LogP contribution in [-0.2, 0) is 0 Å². The fraction of sp³-hybridized carbons (Fsp3) is 0. The van der Waals surface area contributed by atoms with Crippen LogP contribution in [0.15, 0.2) is 34.9 Å². The number of hydrogen-bond donors (Lipinski definition) is 0. The molecule has 3 nitrogen and oxygen atoms in total. The maximum atomic E-state index is 10.5. The summed E-state index contributed by atoms with van der Waals surface area (Å²) in [6.45, 7) is 0. The van der Waals surface area contributed by atoms with Crippen molar-refractivity contribution < 1.29 is 4.79 Å². The fourth-order valence-corrected chi connectivity index (χ4v) is 2.07. The summed E-state index contributed by atoms with van der Waals surface area (Å²) in [5.41, 5.74) is 1.24. The highest BCUT2D eigenvalue weighted by molar-refractivity contribution is 9.10. The van der Waals surface area contributed by atoms with Gasteiger partial charge in [0.25, 0.3) is 0 Å². The first-order valence-electron chi connectivity index (χ1n) is 4.17. The number of carbonyl (C=O) groups excluding carboxylic acids is 1. The molecule has 0 amide bonds. The molecule has 0 saturated carbocycles. The predicted molar refractivity (Wildman–Crippen MR) is 61.7 cm³/mol. The van der Waals surface area contributed by atoms with Gasteiger partial charge >= 0.3 is 0 Å². The molecule has 2 aromatic rings. The number of hydrogen-bond acceptors (Lipinski definition) is 2. The molecule has 0 bridgehead atoms. The van der Waals surface area contributed by atoms with Crippen LogP contribution in [0, 0.1) is 0 Å². The number of aldehydes is 1. The first-order chi connectivity index (χ1) is 7.20. The molecule has 1 aromatic carbocycles. The number of carbonyl (C=O) groups is 1. The Labute approximate surface area is 99.8 Å². The van der Waals surface area contributed by atoms with Crippen molar-refractivity contribution >= 4 is 33.8 Å². The quantitative estimate of drug-likeness (QED) is 0.795. The molecule has 76 valence electrons. The SMILES string of the molecule is O=Cc1ccn(-c2ccc(Cl)cc2Br)n1. The Morgan fingerprint density at radius 3 is 2.80 bits per heavy atom. The summed E-state index contributed by atoms with van der Waals surface area (Å²) in [4.78, 5) is 10.5. The van der Waals surface area contributed by atoms with Crippen molar-refractivity contribution in [3.8, 4) is 5.69 Å². The van der Waals surface area contributed by atoms with Crippen LogP contribution in [0.4, 0.5) is 0 Å². The van der Waals surface area contributed by atoms with Gasteiger partial charge in [-0.25, -0.2) is 4.68 Å². The monoisotopic (exact) mass is 284 g/mol. The van der Waals surface area contributed by atoms with Gasteiger partial charge in [0, 0.05) is 15.7 Å². The van der Waals surface area contributed by atoms with Crippen molar-refractivity contribution in [3.05, 3.63) is 45.7 Å². The fourth-order valence-electron chi connectivity index (χ4n) is 1.20. The minimum Gasteiger partial charge on any atom is -0.296 e. The van der Waals surface area contributed by atoms with Crippen molar-refractivity contribution in [2.45, 2.75) is 0 Å². The largest absolute Gasteiger partial charge is 0.296 e. The number of benzene rings is 1. The van der Waals surface area contributed by atoms with Crippen molar-refractivity contribution in [3.63, 3.8) is 0 Å². The third-order valence-electron chi connectivity index (χ3n) is 1.89. The minimum atomic E-state index is 0.400. The van der Waals surface area contributed by atoms with Gasteiger partial charge in [0.1, 0.15) is 5.69 Å². The lowest BCUT2D eigenvalue weighted by Gasteiger charge is -2.04. The van der Waals surface area contributed by atoms with Crippen LogP contribution in [0.5, 0.6) is 0 Å². The zero-order valence-corrected chi connectivity index (χ0v) is 9.86. The average molecular weight is 286 g/mol. The van der Waals surface area contributed by atoms with E-state index in [1.54, 1.807) is 29.1 Å². The third kappa shape index (κ3) is 2.11. The van der Waals surface area contributed by atoms with Crippen LogP contribution in [-0.4, -0.2) is 16.1 Å². The molecule has 5 heteroatoms. The lowest BCUT2D eigenvalue weighted by atomic mass is 10.3. The second-order valence-corrected chi connectivity index (χ2v) is 4.19. The smallest absolute Gasteiger partial charge is 0.170 e. The van der Waals surface area contributed by atoms with E-state index in [1.165, 1.54) is 0 Å². The van der Waals surface area contributed by atoms with E-state index in [4.69, 9.17) is 11.6 Å². The molecule has 1 aromatic heterocycles. The van der Waals surface area contributed by atoms with E-state index in [-0.39, 0.29) is 0 Å². The van der Waals surface area contributed by atoms with E-state index in [0.717, 1.165) is 10.2 Å². The van der Waals surface area contributed by atoms with Crippen LogP contribution in [0.2, 0.25) is 5.02 Å². The van der Waals surface area contributed by atoms with E-state index in [1.807, 2.05) is 6.07 Å². The summed E-state index contributed by atoms with van der Waals surface area (Å²) in [6, 6.07) is 7.02. The zero-order chi connectivity index (χ0) is 10.8. The highest BCUT2D eigenvalue weighted by Gasteiger charge is 2.04. The third-order valence-corrected chi connectivity index (χ3v) is 2.76. The molecule has 0 aliphatic rings. The van der Waals surface area contributed by atoms with E-state index < -0.39 is 0 Å². The minimum absolute atomic E-state index is 0.400. The van der Waals surface area contributed by atoms with Gasteiger partial charge in [0.05, 0.1) is 5.69 Å². The van der Waals surface area contributed by atoms with Gasteiger partial charge in [-0.2, -0.15) is 5.10 Å². The molecule has 0 radical (unpaired) electrons. The van der Waals surface area contributed by atoms with E-state index in [2.05, 4.69) is 21.0 Å². The molecule has 0 unspecified atom stereocenters. The summed E-state index contributed by atoms with van der Waals surface area (Å²) >= 11 is 9.20. The second-order valence-electron chi connectivity index (χ2n) is 2.90. The number of halogens is 2. The molecule has 0 aliphatic carbocycles. The first-order valence-corrected chi connectivity index (χ1v) is 5.34. The van der Waals surface area contributed by atoms with Gasteiger partial charge in [-0.3, -0.25) is 4.79 Å². The maximum Gasteiger partial charge on any atom is 0.170 e. The Hall–Kier alpha value is -1.13. The predicted octanol–water partition coefficient (Wildman–Crippen LogP) is 3.10. The van der Waals surface area contributed by atoms with Crippen LogP contribution in [0.25, 0.3) is 5.69 Å². The second kappa shape index (κ2) is 4.16. The summed E-state index contributed by atoms with van der Waals surface area (Å²) in [5, 5.41) is 4.71. The van der Waals surface area contributed by atoms with Gasteiger partial charge in [-0.15, -0.1) is 0 Å². The zero-order valence-electron chi connectivity index (χ0n) is 7.52. The van der Waals surface area contributed by atoms with Gasteiger partial charge in [-0.1, -0.05) is 11.6 Å². The van der Waals surface area contributed by atoms with E-state index >= 15 is 0 Å². The van der Waals surface area contributed by atoms with Gasteiger partial charge in [0.15, 0.2) is 6.29 Å². The van der Waals surface area contributed by atoms with Crippen LogP contribution in [0.1, 0.15) is 10.5 Å². The lowest BCUT2D eigenvalue weighted by Crippen LogP contribution is -1.96. The van der Waals surface area contributed by atoms with Crippen LogP contribution < -0.4 is 0 Å².